The Bertz CT molecular complexity index is 856. The minimum atomic E-state index is -4.38. The molecule has 0 aliphatic carbocycles. The summed E-state index contributed by atoms with van der Waals surface area (Å²) < 4.78 is 41.1. The molecule has 3 rings (SSSR count). The molecule has 3 aromatic rings. The van der Waals surface area contributed by atoms with Gasteiger partial charge in [0.25, 0.3) is 0 Å². The van der Waals surface area contributed by atoms with Gasteiger partial charge in [0.05, 0.1) is 17.0 Å². The average molecular weight is 384 g/mol. The van der Waals surface area contributed by atoms with Gasteiger partial charge in [-0.05, 0) is 51.0 Å². The van der Waals surface area contributed by atoms with Crippen molar-refractivity contribution in [3.8, 4) is 5.69 Å². The van der Waals surface area contributed by atoms with E-state index in [9.17, 15) is 13.2 Å². The molecule has 0 aliphatic heterocycles. The average Bonchev–Trinajstić information content (AvgIpc) is 3.21. The fraction of sp³-hybridized carbons (Fsp3) is 0.429. The Morgan fingerprint density at radius 1 is 1.04 bits per heavy atom. The first kappa shape index (κ1) is 18.3. The van der Waals surface area contributed by atoms with Crippen LogP contribution in [-0.2, 0) is 18.5 Å². The molecule has 0 spiro atoms. The molecule has 0 amide bonds. The summed E-state index contributed by atoms with van der Waals surface area (Å²) in [6, 6.07) is 4.65. The molecule has 0 unspecified atom stereocenters. The largest absolute Gasteiger partial charge is 0.416 e. The van der Waals surface area contributed by atoms with Gasteiger partial charge < -0.3 is 0 Å². The molecule has 0 N–H and O–H groups in total. The van der Waals surface area contributed by atoms with Crippen molar-refractivity contribution in [1.82, 2.24) is 40.4 Å². The van der Waals surface area contributed by atoms with Crippen molar-refractivity contribution in [1.29, 1.82) is 0 Å². The summed E-state index contributed by atoms with van der Waals surface area (Å²) in [5, 5.41) is 23.6. The Labute approximate surface area is 150 Å². The smallest absolute Gasteiger partial charge is 0.220 e. The molecule has 8 nitrogen and oxygen atoms in total. The molecule has 0 radical (unpaired) electrons. The number of benzene rings is 1. The second-order valence-corrected chi connectivity index (χ2v) is 6.82. The van der Waals surface area contributed by atoms with Crippen molar-refractivity contribution in [2.75, 3.05) is 0 Å². The zero-order valence-electron chi connectivity index (χ0n) is 13.9. The summed E-state index contributed by atoms with van der Waals surface area (Å²) in [5.74, 6) is 1.23. The molecule has 0 saturated carbocycles. The van der Waals surface area contributed by atoms with E-state index in [1.807, 2.05) is 0 Å². The minimum Gasteiger partial charge on any atom is -0.220 e. The van der Waals surface area contributed by atoms with Crippen LogP contribution in [-0.4, -0.2) is 40.4 Å². The van der Waals surface area contributed by atoms with Gasteiger partial charge in [-0.25, -0.2) is 4.68 Å². The molecule has 138 valence electrons. The predicted molar refractivity (Wildman–Crippen MR) is 86.4 cm³/mol. The predicted octanol–water partition coefficient (Wildman–Crippen LogP) is 2.62. The maximum absolute atomic E-state index is 12.7. The number of hydrogen-bond acceptors (Lipinski definition) is 7. The Hall–Kier alpha value is -2.50. The first-order valence-corrected chi connectivity index (χ1v) is 8.67. The summed E-state index contributed by atoms with van der Waals surface area (Å²) in [6.45, 7) is 4.79. The zero-order valence-corrected chi connectivity index (χ0v) is 14.7. The molecule has 2 heterocycles. The van der Waals surface area contributed by atoms with Crippen molar-refractivity contribution in [2.24, 2.45) is 5.92 Å². The lowest BCUT2D eigenvalue weighted by Gasteiger charge is -2.09. The van der Waals surface area contributed by atoms with Crippen LogP contribution in [0.5, 0.6) is 0 Å². The number of alkyl halides is 3. The van der Waals surface area contributed by atoms with E-state index in [1.54, 1.807) is 4.68 Å². The molecule has 0 atom stereocenters. The zero-order chi connectivity index (χ0) is 18.7. The summed E-state index contributed by atoms with van der Waals surface area (Å²) in [6.07, 6.45) is -4.38. The van der Waals surface area contributed by atoms with E-state index < -0.39 is 11.7 Å². The third-order valence-corrected chi connectivity index (χ3v) is 4.29. The normalized spacial score (nSPS) is 12.1. The van der Waals surface area contributed by atoms with Crippen LogP contribution >= 0.6 is 11.8 Å². The van der Waals surface area contributed by atoms with Crippen LogP contribution in [0.15, 0.2) is 29.4 Å². The maximum Gasteiger partial charge on any atom is 0.416 e. The number of halogens is 3. The quantitative estimate of drug-likeness (QED) is 0.604. The maximum atomic E-state index is 12.7. The Morgan fingerprint density at radius 2 is 1.73 bits per heavy atom. The Balaban J connectivity index is 1.74. The molecule has 12 heteroatoms. The molecule has 0 bridgehead atoms. The van der Waals surface area contributed by atoms with E-state index in [0.717, 1.165) is 12.1 Å². The van der Waals surface area contributed by atoms with Gasteiger partial charge in [0.1, 0.15) is 0 Å². The van der Waals surface area contributed by atoms with Gasteiger partial charge in [-0.3, -0.25) is 0 Å². The highest BCUT2D eigenvalue weighted by Crippen LogP contribution is 2.29. The lowest BCUT2D eigenvalue weighted by Crippen LogP contribution is -2.08. The summed E-state index contributed by atoms with van der Waals surface area (Å²) in [5.41, 5.74) is -0.279. The van der Waals surface area contributed by atoms with Crippen molar-refractivity contribution in [2.45, 2.75) is 37.5 Å². The monoisotopic (exact) mass is 384 g/mol. The molecule has 0 saturated heterocycles. The second kappa shape index (κ2) is 7.40. The van der Waals surface area contributed by atoms with Gasteiger partial charge in [0, 0.05) is 6.54 Å². The topological polar surface area (TPSA) is 87.2 Å². The second-order valence-electron chi connectivity index (χ2n) is 5.88. The van der Waals surface area contributed by atoms with Crippen molar-refractivity contribution < 1.29 is 13.2 Å². The van der Waals surface area contributed by atoms with Gasteiger partial charge >= 0.3 is 6.18 Å². The van der Waals surface area contributed by atoms with E-state index in [1.165, 1.54) is 28.6 Å². The van der Waals surface area contributed by atoms with Crippen LogP contribution in [0.4, 0.5) is 13.2 Å². The SMILES string of the molecule is CC(C)Cn1nnnc1SCc1nnnn1-c1ccc(C(F)(F)F)cc1. The summed E-state index contributed by atoms with van der Waals surface area (Å²) >= 11 is 1.35. The molecular formula is C14H15F3N8S. The number of rotatable bonds is 6. The van der Waals surface area contributed by atoms with E-state index in [-0.39, 0.29) is 0 Å². The number of tetrazole rings is 2. The van der Waals surface area contributed by atoms with E-state index >= 15 is 0 Å². The fourth-order valence-electron chi connectivity index (χ4n) is 2.18. The first-order chi connectivity index (χ1) is 12.3. The van der Waals surface area contributed by atoms with Gasteiger partial charge in [-0.15, -0.1) is 10.2 Å². The highest BCUT2D eigenvalue weighted by Gasteiger charge is 2.30. The van der Waals surface area contributed by atoms with Crippen LogP contribution < -0.4 is 0 Å². The van der Waals surface area contributed by atoms with Crippen molar-refractivity contribution in [3.05, 3.63) is 35.7 Å². The van der Waals surface area contributed by atoms with Crippen LogP contribution in [0.2, 0.25) is 0 Å². The Morgan fingerprint density at radius 3 is 2.38 bits per heavy atom. The number of hydrogen-bond donors (Lipinski definition) is 0. The van der Waals surface area contributed by atoms with Gasteiger partial charge in [0.15, 0.2) is 5.82 Å². The molecule has 26 heavy (non-hydrogen) atoms. The molecule has 2 aromatic heterocycles. The third-order valence-electron chi connectivity index (χ3n) is 3.34. The lowest BCUT2D eigenvalue weighted by molar-refractivity contribution is -0.137. The number of thioether (sulfide) groups is 1. The van der Waals surface area contributed by atoms with Crippen LogP contribution in [0.25, 0.3) is 5.69 Å². The van der Waals surface area contributed by atoms with E-state index in [0.29, 0.717) is 34.9 Å². The van der Waals surface area contributed by atoms with Crippen LogP contribution in [0.3, 0.4) is 0 Å². The lowest BCUT2D eigenvalue weighted by atomic mass is 10.2. The van der Waals surface area contributed by atoms with E-state index in [2.05, 4.69) is 44.9 Å². The van der Waals surface area contributed by atoms with Gasteiger partial charge in [-0.1, -0.05) is 25.6 Å². The highest BCUT2D eigenvalue weighted by molar-refractivity contribution is 7.98. The molecular weight excluding hydrogens is 369 g/mol. The van der Waals surface area contributed by atoms with Crippen molar-refractivity contribution in [3.63, 3.8) is 0 Å². The third kappa shape index (κ3) is 4.18. The standard InChI is InChI=1S/C14H15F3N8S/c1-9(2)7-24-13(19-21-22-24)26-8-12-18-20-23-25(12)11-5-3-10(4-6-11)14(15,16)17/h3-6,9H,7-8H2,1-2H3. The highest BCUT2D eigenvalue weighted by atomic mass is 32.2. The van der Waals surface area contributed by atoms with Gasteiger partial charge in [-0.2, -0.15) is 17.9 Å². The fourth-order valence-corrected chi connectivity index (χ4v) is 2.97. The molecule has 1 aromatic carbocycles. The van der Waals surface area contributed by atoms with Crippen molar-refractivity contribution >= 4 is 11.8 Å². The van der Waals surface area contributed by atoms with Crippen LogP contribution in [0, 0.1) is 5.92 Å². The van der Waals surface area contributed by atoms with E-state index in [4.69, 9.17) is 0 Å². The Kier molecular flexibility index (Phi) is 5.20. The van der Waals surface area contributed by atoms with Gasteiger partial charge in [0.2, 0.25) is 5.16 Å². The molecule has 0 fully saturated rings. The first-order valence-electron chi connectivity index (χ1n) is 7.68. The minimum absolute atomic E-state index is 0.368. The molecule has 0 aliphatic rings. The number of aromatic nitrogens is 8. The number of nitrogens with zero attached hydrogens (tertiary/aromatic N) is 8. The van der Waals surface area contributed by atoms with Crippen LogP contribution in [0.1, 0.15) is 25.2 Å². The summed E-state index contributed by atoms with van der Waals surface area (Å²) in [4.78, 5) is 0. The summed E-state index contributed by atoms with van der Waals surface area (Å²) in [7, 11) is 0.